The molecule has 0 radical (unpaired) electrons. The number of rotatable bonds is 6. The van der Waals surface area contributed by atoms with E-state index in [2.05, 4.69) is 193 Å². The van der Waals surface area contributed by atoms with Crippen LogP contribution in [0.2, 0.25) is 0 Å². The summed E-state index contributed by atoms with van der Waals surface area (Å²) in [5.41, 5.74) is 10.7. The monoisotopic (exact) mass is 573 g/mol. The highest BCUT2D eigenvalue weighted by molar-refractivity contribution is 5.93. The molecule has 8 rings (SSSR count). The summed E-state index contributed by atoms with van der Waals surface area (Å²) in [5, 5.41) is 4.93. The summed E-state index contributed by atoms with van der Waals surface area (Å²) in [5.74, 6) is 0. The van der Waals surface area contributed by atoms with Gasteiger partial charge in [0, 0.05) is 17.1 Å². The average molecular weight is 574 g/mol. The lowest BCUT2D eigenvalue weighted by atomic mass is 9.91. The Kier molecular flexibility index (Phi) is 6.90. The molecule has 0 heterocycles. The van der Waals surface area contributed by atoms with Crippen molar-refractivity contribution in [2.45, 2.75) is 0 Å². The quantitative estimate of drug-likeness (QED) is 0.191. The molecule has 0 fully saturated rings. The molecule has 0 atom stereocenters. The lowest BCUT2D eigenvalue weighted by Gasteiger charge is -2.26. The van der Waals surface area contributed by atoms with E-state index in [4.69, 9.17) is 0 Å². The Morgan fingerprint density at radius 3 is 1.24 bits per heavy atom. The lowest BCUT2D eigenvalue weighted by molar-refractivity contribution is 1.29. The van der Waals surface area contributed by atoms with Gasteiger partial charge >= 0.3 is 0 Å². The molecule has 212 valence electrons. The van der Waals surface area contributed by atoms with E-state index < -0.39 is 0 Å². The van der Waals surface area contributed by atoms with Crippen LogP contribution in [0.4, 0.5) is 17.1 Å². The zero-order chi connectivity index (χ0) is 30.0. The van der Waals surface area contributed by atoms with Crippen LogP contribution in [0.25, 0.3) is 54.9 Å². The first kappa shape index (κ1) is 26.7. The van der Waals surface area contributed by atoms with Gasteiger partial charge in [0.25, 0.3) is 0 Å². The predicted molar refractivity (Wildman–Crippen MR) is 192 cm³/mol. The van der Waals surface area contributed by atoms with Crippen LogP contribution in [-0.2, 0) is 0 Å². The van der Waals surface area contributed by atoms with E-state index >= 15 is 0 Å². The normalized spacial score (nSPS) is 11.1. The van der Waals surface area contributed by atoms with E-state index in [1.165, 1.54) is 54.9 Å². The molecular weight excluding hydrogens is 542 g/mol. The van der Waals surface area contributed by atoms with Gasteiger partial charge in [-0.05, 0) is 97.4 Å². The largest absolute Gasteiger partial charge is 0.310 e. The summed E-state index contributed by atoms with van der Waals surface area (Å²) in [6.07, 6.45) is 0. The third-order valence-corrected chi connectivity index (χ3v) is 8.63. The minimum Gasteiger partial charge on any atom is -0.310 e. The highest BCUT2D eigenvalue weighted by Gasteiger charge is 2.15. The van der Waals surface area contributed by atoms with Crippen molar-refractivity contribution in [3.05, 3.63) is 188 Å². The number of hydrogen-bond donors (Lipinski definition) is 0. The van der Waals surface area contributed by atoms with E-state index in [0.717, 1.165) is 17.1 Å². The molecule has 8 aromatic carbocycles. The molecule has 1 heteroatoms. The zero-order valence-corrected chi connectivity index (χ0v) is 24.8. The first-order chi connectivity index (χ1) is 22.3. The molecule has 0 saturated carbocycles. The summed E-state index contributed by atoms with van der Waals surface area (Å²) < 4.78 is 0. The van der Waals surface area contributed by atoms with Crippen molar-refractivity contribution >= 4 is 38.6 Å². The Bertz CT molecular complexity index is 2170. The highest BCUT2D eigenvalue weighted by Crippen LogP contribution is 2.40. The fraction of sp³-hybridized carbons (Fsp3) is 0. The van der Waals surface area contributed by atoms with E-state index in [1.807, 2.05) is 0 Å². The third-order valence-electron chi connectivity index (χ3n) is 8.63. The van der Waals surface area contributed by atoms with Crippen molar-refractivity contribution in [3.8, 4) is 33.4 Å². The molecule has 0 saturated heterocycles. The molecule has 0 unspecified atom stereocenters. The summed E-state index contributed by atoms with van der Waals surface area (Å²) in [4.78, 5) is 2.36. The van der Waals surface area contributed by atoms with Crippen LogP contribution >= 0.6 is 0 Å². The van der Waals surface area contributed by atoms with Gasteiger partial charge in [-0.15, -0.1) is 0 Å². The third kappa shape index (κ3) is 5.26. The summed E-state index contributed by atoms with van der Waals surface area (Å²) in [7, 11) is 0. The topological polar surface area (TPSA) is 3.24 Å². The van der Waals surface area contributed by atoms with Gasteiger partial charge in [-0.3, -0.25) is 0 Å². The Morgan fingerprint density at radius 2 is 0.689 bits per heavy atom. The lowest BCUT2D eigenvalue weighted by Crippen LogP contribution is -2.09. The standard InChI is InChI=1S/C44H31N/c1-3-13-35(14-4-1)43-28-23-39(31-44(43)36-15-5-2-6-16-36)34-19-24-40(25-20-34)45(41-26-21-32-11-7-9-17-37(32)29-41)42-27-22-33-12-8-10-18-38(33)30-42/h1-31H. The van der Waals surface area contributed by atoms with E-state index in [9.17, 15) is 0 Å². The maximum atomic E-state index is 2.36. The molecule has 0 bridgehead atoms. The van der Waals surface area contributed by atoms with Gasteiger partial charge in [0.05, 0.1) is 0 Å². The molecule has 0 aliphatic rings. The van der Waals surface area contributed by atoms with Gasteiger partial charge in [-0.25, -0.2) is 0 Å². The molecule has 0 aromatic heterocycles. The minimum atomic E-state index is 1.12. The Labute approximate surface area is 264 Å². The molecule has 0 amide bonds. The van der Waals surface area contributed by atoms with Crippen LogP contribution in [0.5, 0.6) is 0 Å². The van der Waals surface area contributed by atoms with Crippen molar-refractivity contribution in [2.75, 3.05) is 4.90 Å². The van der Waals surface area contributed by atoms with Crippen molar-refractivity contribution in [1.29, 1.82) is 0 Å². The second-order valence-electron chi connectivity index (χ2n) is 11.4. The number of anilines is 3. The summed E-state index contributed by atoms with van der Waals surface area (Å²) in [6.45, 7) is 0. The summed E-state index contributed by atoms with van der Waals surface area (Å²) in [6, 6.07) is 67.7. The molecule has 0 N–H and O–H groups in total. The Balaban J connectivity index is 1.22. The van der Waals surface area contributed by atoms with Gasteiger partial charge in [0.2, 0.25) is 0 Å². The second kappa shape index (κ2) is 11.6. The van der Waals surface area contributed by atoms with E-state index in [-0.39, 0.29) is 0 Å². The van der Waals surface area contributed by atoms with E-state index in [0.29, 0.717) is 0 Å². The maximum absolute atomic E-state index is 2.36. The SMILES string of the molecule is c1ccc(-c2ccc(-c3ccc(N(c4ccc5ccccc5c4)c4ccc5ccccc5c4)cc3)cc2-c2ccccc2)cc1. The van der Waals surface area contributed by atoms with Crippen molar-refractivity contribution in [2.24, 2.45) is 0 Å². The van der Waals surface area contributed by atoms with Gasteiger partial charge in [-0.2, -0.15) is 0 Å². The molecule has 1 nitrogen and oxygen atoms in total. The zero-order valence-electron chi connectivity index (χ0n) is 24.8. The first-order valence-electron chi connectivity index (χ1n) is 15.4. The maximum Gasteiger partial charge on any atom is 0.0468 e. The smallest absolute Gasteiger partial charge is 0.0468 e. The van der Waals surface area contributed by atoms with Crippen molar-refractivity contribution in [1.82, 2.24) is 0 Å². The predicted octanol–water partition coefficient (Wildman–Crippen LogP) is 12.5. The van der Waals surface area contributed by atoms with Gasteiger partial charge < -0.3 is 4.90 Å². The fourth-order valence-corrected chi connectivity index (χ4v) is 6.33. The molecule has 0 aliphatic carbocycles. The molecule has 45 heavy (non-hydrogen) atoms. The van der Waals surface area contributed by atoms with Gasteiger partial charge in [0.1, 0.15) is 0 Å². The Hall–Kier alpha value is -5.92. The van der Waals surface area contributed by atoms with Gasteiger partial charge in [0.15, 0.2) is 0 Å². The van der Waals surface area contributed by atoms with Crippen LogP contribution < -0.4 is 4.90 Å². The first-order valence-corrected chi connectivity index (χ1v) is 15.4. The number of hydrogen-bond acceptors (Lipinski definition) is 1. The van der Waals surface area contributed by atoms with Crippen molar-refractivity contribution in [3.63, 3.8) is 0 Å². The number of benzene rings is 8. The average Bonchev–Trinajstić information content (AvgIpc) is 3.12. The molecule has 8 aromatic rings. The summed E-state index contributed by atoms with van der Waals surface area (Å²) >= 11 is 0. The fourth-order valence-electron chi connectivity index (χ4n) is 6.33. The second-order valence-corrected chi connectivity index (χ2v) is 11.4. The number of nitrogens with zero attached hydrogens (tertiary/aromatic N) is 1. The van der Waals surface area contributed by atoms with Crippen LogP contribution in [0.1, 0.15) is 0 Å². The van der Waals surface area contributed by atoms with E-state index in [1.54, 1.807) is 0 Å². The van der Waals surface area contributed by atoms with Crippen LogP contribution in [0, 0.1) is 0 Å². The molecule has 0 spiro atoms. The minimum absolute atomic E-state index is 1.12. The number of fused-ring (bicyclic) bond motifs is 2. The highest BCUT2D eigenvalue weighted by atomic mass is 15.1. The van der Waals surface area contributed by atoms with Crippen LogP contribution in [0.15, 0.2) is 188 Å². The Morgan fingerprint density at radius 1 is 0.244 bits per heavy atom. The van der Waals surface area contributed by atoms with Gasteiger partial charge in [-0.1, -0.05) is 146 Å². The molecule has 0 aliphatic heterocycles. The van der Waals surface area contributed by atoms with Crippen LogP contribution in [0.3, 0.4) is 0 Å². The molecular formula is C44H31N. The van der Waals surface area contributed by atoms with Crippen molar-refractivity contribution < 1.29 is 0 Å². The van der Waals surface area contributed by atoms with Crippen LogP contribution in [-0.4, -0.2) is 0 Å².